The Bertz CT molecular complexity index is 518. The molecule has 21 heavy (non-hydrogen) atoms. The maximum atomic E-state index is 12.2. The Morgan fingerprint density at radius 1 is 1.43 bits per heavy atom. The highest BCUT2D eigenvalue weighted by molar-refractivity contribution is 7.99. The first kappa shape index (κ1) is 15.8. The van der Waals surface area contributed by atoms with Crippen LogP contribution in [0.1, 0.15) is 16.1 Å². The van der Waals surface area contributed by atoms with Crippen LogP contribution in [0.25, 0.3) is 0 Å². The van der Waals surface area contributed by atoms with Crippen molar-refractivity contribution in [2.24, 2.45) is 0 Å². The van der Waals surface area contributed by atoms with Crippen LogP contribution in [-0.2, 0) is 9.59 Å². The second-order valence-electron chi connectivity index (χ2n) is 4.57. The Morgan fingerprint density at radius 2 is 2.24 bits per heavy atom. The van der Waals surface area contributed by atoms with E-state index in [1.807, 2.05) is 0 Å². The van der Waals surface area contributed by atoms with Crippen molar-refractivity contribution < 1.29 is 19.5 Å². The quantitative estimate of drug-likeness (QED) is 0.838. The average Bonchev–Trinajstić information content (AvgIpc) is 2.98. The molecule has 0 aliphatic carbocycles. The third kappa shape index (κ3) is 4.47. The number of aliphatic carboxylic acids is 1. The van der Waals surface area contributed by atoms with Crippen LogP contribution < -0.4 is 5.32 Å². The number of rotatable bonds is 5. The third-order valence-electron chi connectivity index (χ3n) is 3.10. The molecule has 0 saturated carbocycles. The number of hydrogen-bond donors (Lipinski definition) is 2. The van der Waals surface area contributed by atoms with Gasteiger partial charge in [-0.1, -0.05) is 6.07 Å². The van der Waals surface area contributed by atoms with Crippen molar-refractivity contribution in [1.82, 2.24) is 10.2 Å². The first-order valence-electron chi connectivity index (χ1n) is 6.48. The lowest BCUT2D eigenvalue weighted by molar-refractivity contribution is -0.140. The minimum atomic E-state index is -0.914. The summed E-state index contributed by atoms with van der Waals surface area (Å²) in [7, 11) is 0. The number of thiophene rings is 1. The van der Waals surface area contributed by atoms with Gasteiger partial charge in [0.15, 0.2) is 0 Å². The molecule has 1 fully saturated rings. The molecule has 2 heterocycles. The van der Waals surface area contributed by atoms with Gasteiger partial charge < -0.3 is 15.3 Å². The minimum absolute atomic E-state index is 0.0579. The van der Waals surface area contributed by atoms with Crippen molar-refractivity contribution in [3.63, 3.8) is 0 Å². The van der Waals surface area contributed by atoms with E-state index in [9.17, 15) is 14.4 Å². The van der Waals surface area contributed by atoms with Crippen molar-refractivity contribution in [3.05, 3.63) is 22.4 Å². The van der Waals surface area contributed by atoms with Crippen LogP contribution in [0.3, 0.4) is 0 Å². The van der Waals surface area contributed by atoms with Gasteiger partial charge in [0.25, 0.3) is 5.91 Å². The van der Waals surface area contributed by atoms with Gasteiger partial charge in [0.1, 0.15) is 0 Å². The lowest BCUT2D eigenvalue weighted by Crippen LogP contribution is -2.50. The summed E-state index contributed by atoms with van der Waals surface area (Å²) in [6.45, 7) is 0.424. The minimum Gasteiger partial charge on any atom is -0.481 e. The van der Waals surface area contributed by atoms with Crippen LogP contribution in [0.5, 0.6) is 0 Å². The van der Waals surface area contributed by atoms with E-state index in [1.165, 1.54) is 11.3 Å². The van der Waals surface area contributed by atoms with E-state index in [-0.39, 0.29) is 30.8 Å². The van der Waals surface area contributed by atoms with Gasteiger partial charge in [-0.3, -0.25) is 14.4 Å². The van der Waals surface area contributed by atoms with Gasteiger partial charge >= 0.3 is 5.97 Å². The van der Waals surface area contributed by atoms with Gasteiger partial charge in [0, 0.05) is 18.1 Å². The number of carboxylic acids is 1. The van der Waals surface area contributed by atoms with Crippen LogP contribution in [0, 0.1) is 0 Å². The van der Waals surface area contributed by atoms with Crippen LogP contribution in [0.15, 0.2) is 17.5 Å². The standard InChI is InChI=1S/C13H16N2O4S2/c16-11(7-14-13(19)10-2-1-4-21-10)15-3-5-20-8-9(15)6-12(17)18/h1-2,4,9H,3,5-8H2,(H,14,19)(H,17,18). The molecule has 1 aromatic rings. The van der Waals surface area contributed by atoms with Crippen LogP contribution >= 0.6 is 23.1 Å². The van der Waals surface area contributed by atoms with Gasteiger partial charge in [0.05, 0.1) is 23.9 Å². The summed E-state index contributed by atoms with van der Waals surface area (Å²) in [6, 6.07) is 3.16. The van der Waals surface area contributed by atoms with Crippen molar-refractivity contribution in [3.8, 4) is 0 Å². The first-order valence-corrected chi connectivity index (χ1v) is 8.52. The molecule has 2 amide bonds. The molecule has 0 bridgehead atoms. The smallest absolute Gasteiger partial charge is 0.305 e. The fourth-order valence-electron chi connectivity index (χ4n) is 2.11. The Hall–Kier alpha value is -1.54. The molecular formula is C13H16N2O4S2. The summed E-state index contributed by atoms with van der Waals surface area (Å²) in [5.74, 6) is -0.00799. The monoisotopic (exact) mass is 328 g/mol. The van der Waals surface area contributed by atoms with E-state index in [2.05, 4.69) is 5.32 Å². The zero-order chi connectivity index (χ0) is 15.2. The maximum absolute atomic E-state index is 12.2. The molecule has 6 nitrogen and oxygen atoms in total. The fraction of sp³-hybridized carbons (Fsp3) is 0.462. The molecule has 1 atom stereocenters. The van der Waals surface area contributed by atoms with E-state index in [4.69, 9.17) is 5.11 Å². The predicted molar refractivity (Wildman–Crippen MR) is 81.7 cm³/mol. The molecule has 0 spiro atoms. The molecule has 1 aliphatic rings. The number of nitrogens with one attached hydrogen (secondary N) is 1. The third-order valence-corrected chi connectivity index (χ3v) is 5.06. The Kier molecular flexibility index (Phi) is 5.63. The van der Waals surface area contributed by atoms with Crippen molar-refractivity contribution in [2.75, 3.05) is 24.6 Å². The Labute approximate surface area is 130 Å². The normalized spacial score (nSPS) is 18.3. The Balaban J connectivity index is 1.88. The largest absolute Gasteiger partial charge is 0.481 e. The van der Waals surface area contributed by atoms with E-state index >= 15 is 0 Å². The molecule has 1 saturated heterocycles. The first-order chi connectivity index (χ1) is 10.1. The van der Waals surface area contributed by atoms with E-state index in [0.29, 0.717) is 17.2 Å². The lowest BCUT2D eigenvalue weighted by Gasteiger charge is -2.34. The van der Waals surface area contributed by atoms with Gasteiger partial charge in [-0.25, -0.2) is 0 Å². The van der Waals surface area contributed by atoms with Gasteiger partial charge in [-0.2, -0.15) is 11.8 Å². The Morgan fingerprint density at radius 3 is 2.90 bits per heavy atom. The summed E-state index contributed by atoms with van der Waals surface area (Å²) in [4.78, 5) is 36.9. The molecule has 8 heteroatoms. The number of carboxylic acid groups (broad SMARTS) is 1. The highest BCUT2D eigenvalue weighted by atomic mass is 32.2. The zero-order valence-corrected chi connectivity index (χ0v) is 12.9. The molecule has 2 rings (SSSR count). The summed E-state index contributed by atoms with van der Waals surface area (Å²) in [5.41, 5.74) is 0. The summed E-state index contributed by atoms with van der Waals surface area (Å²) < 4.78 is 0. The maximum Gasteiger partial charge on any atom is 0.305 e. The molecule has 114 valence electrons. The highest BCUT2D eigenvalue weighted by Crippen LogP contribution is 2.19. The van der Waals surface area contributed by atoms with E-state index < -0.39 is 5.97 Å². The number of amides is 2. The molecule has 1 unspecified atom stereocenters. The molecule has 0 aromatic carbocycles. The number of carbonyl (C=O) groups excluding carboxylic acids is 2. The summed E-state index contributed by atoms with van der Waals surface area (Å²) in [6.07, 6.45) is -0.0579. The predicted octanol–water partition coefficient (Wildman–Crippen LogP) is 0.897. The van der Waals surface area contributed by atoms with Gasteiger partial charge in [-0.15, -0.1) is 11.3 Å². The molecule has 2 N–H and O–H groups in total. The van der Waals surface area contributed by atoms with Crippen molar-refractivity contribution in [1.29, 1.82) is 0 Å². The van der Waals surface area contributed by atoms with Gasteiger partial charge in [-0.05, 0) is 11.4 Å². The topological polar surface area (TPSA) is 86.7 Å². The second kappa shape index (κ2) is 7.46. The second-order valence-corrected chi connectivity index (χ2v) is 6.67. The molecular weight excluding hydrogens is 312 g/mol. The van der Waals surface area contributed by atoms with Crippen LogP contribution in [0.2, 0.25) is 0 Å². The van der Waals surface area contributed by atoms with Crippen LogP contribution in [0.4, 0.5) is 0 Å². The van der Waals surface area contributed by atoms with Gasteiger partial charge in [0.2, 0.25) is 5.91 Å². The molecule has 1 aliphatic heterocycles. The van der Waals surface area contributed by atoms with E-state index in [0.717, 1.165) is 5.75 Å². The SMILES string of the molecule is O=C(O)CC1CSCCN1C(=O)CNC(=O)c1cccs1. The summed E-state index contributed by atoms with van der Waals surface area (Å²) >= 11 is 2.95. The van der Waals surface area contributed by atoms with Crippen molar-refractivity contribution >= 4 is 40.9 Å². The zero-order valence-electron chi connectivity index (χ0n) is 11.3. The number of hydrogen-bond acceptors (Lipinski definition) is 5. The number of carbonyl (C=O) groups is 3. The van der Waals surface area contributed by atoms with Crippen LogP contribution in [-0.4, -0.2) is 58.4 Å². The average molecular weight is 328 g/mol. The summed E-state index contributed by atoms with van der Waals surface area (Å²) in [5, 5.41) is 13.3. The van der Waals surface area contributed by atoms with Crippen molar-refractivity contribution in [2.45, 2.75) is 12.5 Å². The molecule has 1 aromatic heterocycles. The lowest BCUT2D eigenvalue weighted by atomic mass is 10.2. The fourth-order valence-corrected chi connectivity index (χ4v) is 3.81. The number of nitrogens with zero attached hydrogens (tertiary/aromatic N) is 1. The number of thioether (sulfide) groups is 1. The molecule has 0 radical (unpaired) electrons. The van der Waals surface area contributed by atoms with E-state index in [1.54, 1.807) is 34.2 Å². The highest BCUT2D eigenvalue weighted by Gasteiger charge is 2.28.